The van der Waals surface area contributed by atoms with Gasteiger partial charge in [-0.2, -0.15) is 11.8 Å². The Kier molecular flexibility index (Phi) is 5.16. The van der Waals surface area contributed by atoms with Crippen LogP contribution in [0.15, 0.2) is 4.42 Å². The van der Waals surface area contributed by atoms with Crippen LogP contribution in [0.5, 0.6) is 0 Å². The normalized spacial score (nSPS) is 17.2. The summed E-state index contributed by atoms with van der Waals surface area (Å²) in [7, 11) is 0. The van der Waals surface area contributed by atoms with Gasteiger partial charge in [-0.05, 0) is 12.8 Å². The van der Waals surface area contributed by atoms with Gasteiger partial charge in [-0.3, -0.25) is 0 Å². The van der Waals surface area contributed by atoms with Gasteiger partial charge in [0.2, 0.25) is 5.89 Å². The summed E-state index contributed by atoms with van der Waals surface area (Å²) in [5.41, 5.74) is 0. The molecule has 0 atom stereocenters. The average molecular weight is 255 g/mol. The van der Waals surface area contributed by atoms with Gasteiger partial charge in [0.25, 0.3) is 0 Å². The van der Waals surface area contributed by atoms with Gasteiger partial charge in [-0.25, -0.2) is 0 Å². The fraction of sp³-hybridized carbons (Fsp3) is 0.833. The minimum atomic E-state index is 0.561. The largest absolute Gasteiger partial charge is 0.408 e. The molecule has 1 aromatic rings. The number of nitrogens with zero attached hydrogens (tertiary/aromatic N) is 2. The molecule has 0 amide bonds. The van der Waals surface area contributed by atoms with Gasteiger partial charge in [-0.15, -0.1) is 5.10 Å². The molecule has 96 valence electrons. The zero-order valence-corrected chi connectivity index (χ0v) is 11.3. The molecule has 0 aromatic carbocycles. The van der Waals surface area contributed by atoms with Crippen LogP contribution in [0.3, 0.4) is 0 Å². The van der Waals surface area contributed by atoms with Crippen LogP contribution < -0.4 is 5.32 Å². The van der Waals surface area contributed by atoms with Crippen LogP contribution in [0.1, 0.15) is 44.9 Å². The molecule has 0 spiro atoms. The van der Waals surface area contributed by atoms with E-state index in [1.807, 2.05) is 6.92 Å². The predicted octanol–water partition coefficient (Wildman–Crippen LogP) is 3.11. The fourth-order valence-corrected chi connectivity index (χ4v) is 3.30. The molecule has 4 nitrogen and oxygen atoms in total. The van der Waals surface area contributed by atoms with Crippen LogP contribution in [0, 0.1) is 0 Å². The lowest BCUT2D eigenvalue weighted by atomic mass is 10.0. The lowest BCUT2D eigenvalue weighted by Crippen LogP contribution is -2.12. The number of anilines is 1. The predicted molar refractivity (Wildman–Crippen MR) is 71.5 cm³/mol. The Bertz CT molecular complexity index is 323. The Labute approximate surface area is 107 Å². The van der Waals surface area contributed by atoms with Crippen LogP contribution in [0.25, 0.3) is 0 Å². The smallest absolute Gasteiger partial charge is 0.315 e. The summed E-state index contributed by atoms with van der Waals surface area (Å²) in [6, 6.07) is 0.561. The summed E-state index contributed by atoms with van der Waals surface area (Å²) < 4.78 is 5.38. The van der Waals surface area contributed by atoms with Crippen molar-refractivity contribution in [2.75, 3.05) is 17.6 Å². The highest BCUT2D eigenvalue weighted by atomic mass is 32.2. The van der Waals surface area contributed by atoms with Crippen molar-refractivity contribution < 1.29 is 4.42 Å². The molecule has 17 heavy (non-hydrogen) atoms. The number of thioether (sulfide) groups is 1. The van der Waals surface area contributed by atoms with E-state index in [1.54, 1.807) is 0 Å². The molecule has 0 aliphatic heterocycles. The average Bonchev–Trinajstić information content (AvgIpc) is 2.84. The van der Waals surface area contributed by atoms with Gasteiger partial charge in [0, 0.05) is 24.0 Å². The van der Waals surface area contributed by atoms with Crippen LogP contribution in [-0.2, 0) is 6.42 Å². The molecule has 1 aliphatic rings. The van der Waals surface area contributed by atoms with Crippen molar-refractivity contribution in [1.82, 2.24) is 10.2 Å². The first-order chi connectivity index (χ1) is 8.38. The standard InChI is InChI=1S/C12H21N3OS/c1-2-11-14-15-12(16-11)13-8-9-17-10-6-4-3-5-7-10/h10H,2-9H2,1H3,(H,13,15). The van der Waals surface area contributed by atoms with E-state index < -0.39 is 0 Å². The van der Waals surface area contributed by atoms with E-state index in [2.05, 4.69) is 27.3 Å². The molecule has 1 aromatic heterocycles. The summed E-state index contributed by atoms with van der Waals surface area (Å²) in [5.74, 6) is 1.82. The lowest BCUT2D eigenvalue weighted by Gasteiger charge is -2.20. The Morgan fingerprint density at radius 3 is 2.82 bits per heavy atom. The molecule has 2 rings (SSSR count). The Balaban J connectivity index is 1.59. The first-order valence-corrected chi connectivity index (χ1v) is 7.61. The maximum Gasteiger partial charge on any atom is 0.315 e. The molecule has 1 heterocycles. The van der Waals surface area contributed by atoms with Crippen LogP contribution in [0.2, 0.25) is 0 Å². The first-order valence-electron chi connectivity index (χ1n) is 6.56. The van der Waals surface area contributed by atoms with Crippen molar-refractivity contribution in [3.63, 3.8) is 0 Å². The van der Waals surface area contributed by atoms with Gasteiger partial charge >= 0.3 is 6.01 Å². The number of aromatic nitrogens is 2. The Morgan fingerprint density at radius 2 is 2.12 bits per heavy atom. The quantitative estimate of drug-likeness (QED) is 0.792. The van der Waals surface area contributed by atoms with Gasteiger partial charge in [0.1, 0.15) is 0 Å². The van der Waals surface area contributed by atoms with E-state index in [0.717, 1.165) is 24.0 Å². The highest BCUT2D eigenvalue weighted by Crippen LogP contribution is 2.27. The number of nitrogens with one attached hydrogen (secondary N) is 1. The lowest BCUT2D eigenvalue weighted by molar-refractivity contribution is 0.511. The van der Waals surface area contributed by atoms with Gasteiger partial charge < -0.3 is 9.73 Å². The monoisotopic (exact) mass is 255 g/mol. The van der Waals surface area contributed by atoms with E-state index in [1.165, 1.54) is 32.1 Å². The van der Waals surface area contributed by atoms with Crippen LogP contribution in [-0.4, -0.2) is 27.7 Å². The number of hydrogen-bond acceptors (Lipinski definition) is 5. The molecule has 0 radical (unpaired) electrons. The summed E-state index contributed by atoms with van der Waals surface area (Å²) in [6.07, 6.45) is 7.84. The third kappa shape index (κ3) is 4.22. The summed E-state index contributed by atoms with van der Waals surface area (Å²) in [5, 5.41) is 11.9. The second-order valence-electron chi connectivity index (χ2n) is 4.41. The number of rotatable bonds is 6. The summed E-state index contributed by atoms with van der Waals surface area (Å²) in [6.45, 7) is 2.92. The molecule has 5 heteroatoms. The molecule has 1 saturated carbocycles. The second kappa shape index (κ2) is 6.89. The molecule has 0 saturated heterocycles. The zero-order valence-electron chi connectivity index (χ0n) is 10.4. The molecule has 1 N–H and O–H groups in total. The molecular weight excluding hydrogens is 234 g/mol. The van der Waals surface area contributed by atoms with E-state index in [-0.39, 0.29) is 0 Å². The van der Waals surface area contributed by atoms with E-state index in [4.69, 9.17) is 4.42 Å². The topological polar surface area (TPSA) is 51.0 Å². The molecule has 1 aliphatic carbocycles. The van der Waals surface area contributed by atoms with Crippen molar-refractivity contribution in [3.8, 4) is 0 Å². The maximum absolute atomic E-state index is 5.38. The summed E-state index contributed by atoms with van der Waals surface area (Å²) in [4.78, 5) is 0. The SMILES string of the molecule is CCc1nnc(NCCSC2CCCCC2)o1. The zero-order chi connectivity index (χ0) is 11.9. The molecule has 1 fully saturated rings. The number of hydrogen-bond donors (Lipinski definition) is 1. The van der Waals surface area contributed by atoms with Gasteiger partial charge in [0.15, 0.2) is 0 Å². The third-order valence-corrected chi connectivity index (χ3v) is 4.44. The van der Waals surface area contributed by atoms with Crippen molar-refractivity contribution in [3.05, 3.63) is 5.89 Å². The first kappa shape index (κ1) is 12.7. The maximum atomic E-state index is 5.38. The van der Waals surface area contributed by atoms with Crippen LogP contribution in [0.4, 0.5) is 6.01 Å². The van der Waals surface area contributed by atoms with Gasteiger partial charge in [0.05, 0.1) is 0 Å². The van der Waals surface area contributed by atoms with Gasteiger partial charge in [-0.1, -0.05) is 31.3 Å². The van der Waals surface area contributed by atoms with E-state index in [0.29, 0.717) is 11.9 Å². The minimum Gasteiger partial charge on any atom is -0.408 e. The number of aryl methyl sites for hydroxylation is 1. The highest BCUT2D eigenvalue weighted by Gasteiger charge is 2.13. The van der Waals surface area contributed by atoms with Crippen molar-refractivity contribution in [1.29, 1.82) is 0 Å². The summed E-state index contributed by atoms with van der Waals surface area (Å²) >= 11 is 2.08. The highest BCUT2D eigenvalue weighted by molar-refractivity contribution is 7.99. The van der Waals surface area contributed by atoms with E-state index in [9.17, 15) is 0 Å². The minimum absolute atomic E-state index is 0.561. The molecular formula is C12H21N3OS. The Hall–Kier alpha value is -0.710. The second-order valence-corrected chi connectivity index (χ2v) is 5.82. The molecule has 0 unspecified atom stereocenters. The van der Waals surface area contributed by atoms with E-state index >= 15 is 0 Å². The van der Waals surface area contributed by atoms with Crippen molar-refractivity contribution >= 4 is 17.8 Å². The van der Waals surface area contributed by atoms with Crippen molar-refractivity contribution in [2.45, 2.75) is 50.7 Å². The van der Waals surface area contributed by atoms with Crippen LogP contribution >= 0.6 is 11.8 Å². The molecule has 0 bridgehead atoms. The fourth-order valence-electron chi connectivity index (χ4n) is 2.08. The Morgan fingerprint density at radius 1 is 1.29 bits per heavy atom. The third-order valence-electron chi connectivity index (χ3n) is 3.05. The van der Waals surface area contributed by atoms with Crippen molar-refractivity contribution in [2.24, 2.45) is 0 Å².